The first-order chi connectivity index (χ1) is 7.65. The van der Waals surface area contributed by atoms with Gasteiger partial charge in [0.05, 0.1) is 0 Å². The zero-order chi connectivity index (χ0) is 12.0. The lowest BCUT2D eigenvalue weighted by Gasteiger charge is -2.22. The third kappa shape index (κ3) is 4.60. The molecule has 1 saturated heterocycles. The maximum absolute atomic E-state index is 5.66. The molecule has 1 aliphatic heterocycles. The first-order valence-electron chi connectivity index (χ1n) is 6.60. The minimum absolute atomic E-state index is 0.753. The highest BCUT2D eigenvalue weighted by molar-refractivity contribution is 6.17. The number of hydrogen-bond acceptors (Lipinski definition) is 2. The Morgan fingerprint density at radius 2 is 1.81 bits per heavy atom. The van der Waals surface area contributed by atoms with Gasteiger partial charge in [-0.25, -0.2) is 0 Å². The molecule has 0 saturated carbocycles. The van der Waals surface area contributed by atoms with Gasteiger partial charge in [0.1, 0.15) is 0 Å². The van der Waals surface area contributed by atoms with Crippen LogP contribution in [0.5, 0.6) is 0 Å². The van der Waals surface area contributed by atoms with E-state index < -0.39 is 0 Å². The first-order valence-corrected chi connectivity index (χ1v) is 7.13. The van der Waals surface area contributed by atoms with Crippen molar-refractivity contribution in [1.29, 1.82) is 0 Å². The molecule has 0 aromatic rings. The van der Waals surface area contributed by atoms with E-state index in [0.29, 0.717) is 0 Å². The minimum atomic E-state index is 0.753. The lowest BCUT2D eigenvalue weighted by Crippen LogP contribution is -2.34. The van der Waals surface area contributed by atoms with Gasteiger partial charge >= 0.3 is 0 Å². The van der Waals surface area contributed by atoms with E-state index >= 15 is 0 Å². The van der Waals surface area contributed by atoms with Crippen molar-refractivity contribution < 1.29 is 0 Å². The van der Waals surface area contributed by atoms with Gasteiger partial charge in [-0.2, -0.15) is 0 Å². The van der Waals surface area contributed by atoms with E-state index in [1.165, 1.54) is 45.3 Å². The molecular weight excluding hydrogens is 220 g/mol. The average molecular weight is 247 g/mol. The van der Waals surface area contributed by atoms with Crippen molar-refractivity contribution in [1.82, 2.24) is 9.80 Å². The summed E-state index contributed by atoms with van der Waals surface area (Å²) in [6, 6.07) is 0.753. The summed E-state index contributed by atoms with van der Waals surface area (Å²) in [7, 11) is 4.40. The van der Waals surface area contributed by atoms with Gasteiger partial charge in [-0.15, -0.1) is 11.6 Å². The maximum Gasteiger partial charge on any atom is 0.0254 e. The molecule has 0 bridgehead atoms. The molecule has 1 heterocycles. The molecule has 0 N–H and O–H groups in total. The highest BCUT2D eigenvalue weighted by Crippen LogP contribution is 2.20. The number of likely N-dealkylation sites (tertiary alicyclic amines) is 1. The Labute approximate surface area is 106 Å². The van der Waals surface area contributed by atoms with E-state index in [-0.39, 0.29) is 0 Å². The highest BCUT2D eigenvalue weighted by atomic mass is 35.5. The number of rotatable bonds is 7. The van der Waals surface area contributed by atoms with Crippen molar-refractivity contribution in [3.05, 3.63) is 0 Å². The molecule has 0 amide bonds. The molecular formula is C13H27ClN2. The number of likely N-dealkylation sites (N-methyl/N-ethyl adjacent to an activating group) is 1. The molecule has 1 fully saturated rings. The molecule has 16 heavy (non-hydrogen) atoms. The summed E-state index contributed by atoms with van der Waals surface area (Å²) in [6.07, 6.45) is 5.15. The van der Waals surface area contributed by atoms with Gasteiger partial charge in [0.25, 0.3) is 0 Å². The van der Waals surface area contributed by atoms with Gasteiger partial charge < -0.3 is 9.80 Å². The molecule has 0 aromatic carbocycles. The zero-order valence-electron chi connectivity index (χ0n) is 11.1. The summed E-state index contributed by atoms with van der Waals surface area (Å²) in [5.41, 5.74) is 0. The minimum Gasteiger partial charge on any atom is -0.305 e. The van der Waals surface area contributed by atoms with Gasteiger partial charge in [-0.05, 0) is 39.4 Å². The zero-order valence-corrected chi connectivity index (χ0v) is 11.8. The van der Waals surface area contributed by atoms with E-state index in [2.05, 4.69) is 30.8 Å². The Morgan fingerprint density at radius 3 is 2.38 bits per heavy atom. The highest BCUT2D eigenvalue weighted by Gasteiger charge is 2.30. The smallest absolute Gasteiger partial charge is 0.0254 e. The van der Waals surface area contributed by atoms with Crippen molar-refractivity contribution in [3.8, 4) is 0 Å². The molecule has 1 rings (SSSR count). The number of hydrogen-bond donors (Lipinski definition) is 0. The second-order valence-corrected chi connectivity index (χ2v) is 5.75. The summed E-state index contributed by atoms with van der Waals surface area (Å²) in [4.78, 5) is 4.99. The van der Waals surface area contributed by atoms with Crippen LogP contribution in [0.25, 0.3) is 0 Å². The number of halogens is 1. The SMILES string of the molecule is CC1CN(CCCCCCCl)CC1N(C)C. The van der Waals surface area contributed by atoms with Crippen LogP contribution in [-0.4, -0.2) is 55.5 Å². The molecule has 0 spiro atoms. The van der Waals surface area contributed by atoms with Crippen LogP contribution in [-0.2, 0) is 0 Å². The molecule has 2 nitrogen and oxygen atoms in total. The summed E-state index contributed by atoms with van der Waals surface area (Å²) in [6.45, 7) is 6.18. The van der Waals surface area contributed by atoms with Crippen molar-refractivity contribution in [2.75, 3.05) is 39.6 Å². The van der Waals surface area contributed by atoms with E-state index in [1.54, 1.807) is 0 Å². The Kier molecular flexibility index (Phi) is 6.71. The van der Waals surface area contributed by atoms with Crippen molar-refractivity contribution in [3.63, 3.8) is 0 Å². The van der Waals surface area contributed by atoms with Crippen LogP contribution in [0.4, 0.5) is 0 Å². The molecule has 2 atom stereocenters. The van der Waals surface area contributed by atoms with Gasteiger partial charge in [0.15, 0.2) is 0 Å². The fourth-order valence-corrected chi connectivity index (χ4v) is 2.88. The fourth-order valence-electron chi connectivity index (χ4n) is 2.69. The average Bonchev–Trinajstić information content (AvgIpc) is 2.59. The van der Waals surface area contributed by atoms with Crippen LogP contribution in [0.1, 0.15) is 32.6 Å². The molecule has 0 radical (unpaired) electrons. The van der Waals surface area contributed by atoms with Crippen LogP contribution in [0.3, 0.4) is 0 Å². The Morgan fingerprint density at radius 1 is 1.12 bits per heavy atom. The summed E-state index contributed by atoms with van der Waals surface area (Å²) >= 11 is 5.66. The summed E-state index contributed by atoms with van der Waals surface area (Å²) < 4.78 is 0. The third-order valence-corrected chi connectivity index (χ3v) is 3.94. The van der Waals surface area contributed by atoms with Crippen LogP contribution in [0.15, 0.2) is 0 Å². The van der Waals surface area contributed by atoms with Gasteiger partial charge in [-0.1, -0.05) is 19.8 Å². The van der Waals surface area contributed by atoms with Gasteiger partial charge in [0.2, 0.25) is 0 Å². The molecule has 96 valence electrons. The van der Waals surface area contributed by atoms with E-state index in [0.717, 1.165) is 17.8 Å². The van der Waals surface area contributed by atoms with Crippen molar-refractivity contribution in [2.45, 2.75) is 38.6 Å². The van der Waals surface area contributed by atoms with E-state index in [4.69, 9.17) is 11.6 Å². The predicted molar refractivity (Wildman–Crippen MR) is 72.3 cm³/mol. The standard InChI is InChI=1S/C13H27ClN2/c1-12-10-16(11-13(12)15(2)3)9-7-5-4-6-8-14/h12-13H,4-11H2,1-3H3. The second kappa shape index (κ2) is 7.52. The lowest BCUT2D eigenvalue weighted by atomic mass is 10.1. The van der Waals surface area contributed by atoms with Crippen LogP contribution in [0, 0.1) is 5.92 Å². The molecule has 3 heteroatoms. The van der Waals surface area contributed by atoms with E-state index in [1.807, 2.05) is 0 Å². The number of alkyl halides is 1. The molecule has 0 aromatic heterocycles. The molecule has 0 aliphatic carbocycles. The normalized spacial score (nSPS) is 26.8. The Bertz CT molecular complexity index is 185. The summed E-state index contributed by atoms with van der Waals surface area (Å²) in [5.74, 6) is 1.64. The van der Waals surface area contributed by atoms with Crippen molar-refractivity contribution in [2.24, 2.45) is 5.92 Å². The maximum atomic E-state index is 5.66. The summed E-state index contributed by atoms with van der Waals surface area (Å²) in [5, 5.41) is 0. The Balaban J connectivity index is 2.11. The first kappa shape index (κ1) is 14.3. The second-order valence-electron chi connectivity index (χ2n) is 5.37. The van der Waals surface area contributed by atoms with Crippen LogP contribution < -0.4 is 0 Å². The number of nitrogens with zero attached hydrogens (tertiary/aromatic N) is 2. The predicted octanol–water partition coefficient (Wildman–Crippen LogP) is 2.67. The monoisotopic (exact) mass is 246 g/mol. The molecule has 2 unspecified atom stereocenters. The van der Waals surface area contributed by atoms with Gasteiger partial charge in [-0.3, -0.25) is 0 Å². The van der Waals surface area contributed by atoms with E-state index in [9.17, 15) is 0 Å². The van der Waals surface area contributed by atoms with Crippen molar-refractivity contribution >= 4 is 11.6 Å². The van der Waals surface area contributed by atoms with Crippen LogP contribution in [0.2, 0.25) is 0 Å². The number of unbranched alkanes of at least 4 members (excludes halogenated alkanes) is 3. The van der Waals surface area contributed by atoms with Gasteiger partial charge in [0, 0.05) is 25.0 Å². The fraction of sp³-hybridized carbons (Fsp3) is 1.00. The Hall–Kier alpha value is 0.210. The van der Waals surface area contributed by atoms with Crippen LogP contribution >= 0.6 is 11.6 Å². The quantitative estimate of drug-likeness (QED) is 0.504. The topological polar surface area (TPSA) is 6.48 Å². The lowest BCUT2D eigenvalue weighted by molar-refractivity contribution is 0.251. The molecule has 1 aliphatic rings. The third-order valence-electron chi connectivity index (χ3n) is 3.67. The largest absolute Gasteiger partial charge is 0.305 e.